The SMILES string of the molecule is Nc1ccc2c3c(cccc13)NC(c1ccc(OCCCCC[C@H]3SCC4NC(=O)NC43)cc1)N2. The van der Waals surface area contributed by atoms with Crippen molar-refractivity contribution in [2.75, 3.05) is 28.7 Å². The molecule has 2 saturated heterocycles. The maximum atomic E-state index is 11.5. The van der Waals surface area contributed by atoms with Crippen LogP contribution in [0.25, 0.3) is 10.8 Å². The Labute approximate surface area is 209 Å². The quantitative estimate of drug-likeness (QED) is 0.172. The molecule has 0 aliphatic carbocycles. The molecule has 3 aromatic rings. The van der Waals surface area contributed by atoms with E-state index in [0.29, 0.717) is 17.3 Å². The van der Waals surface area contributed by atoms with Crippen LogP contribution in [0.4, 0.5) is 21.9 Å². The minimum absolute atomic E-state index is 0.00728. The smallest absolute Gasteiger partial charge is 0.315 e. The topological polar surface area (TPSA) is 100 Å². The van der Waals surface area contributed by atoms with Gasteiger partial charge in [0.25, 0.3) is 0 Å². The number of carbonyl (C=O) groups is 1. The van der Waals surface area contributed by atoms with Gasteiger partial charge in [-0.1, -0.05) is 37.1 Å². The number of amides is 2. The highest BCUT2D eigenvalue weighted by molar-refractivity contribution is 8.00. The number of ether oxygens (including phenoxy) is 1. The van der Waals surface area contributed by atoms with Crippen LogP contribution in [0, 0.1) is 0 Å². The number of thioether (sulfide) groups is 1. The van der Waals surface area contributed by atoms with Crippen molar-refractivity contribution >= 4 is 45.6 Å². The molecule has 3 heterocycles. The minimum atomic E-state index is -0.0151. The van der Waals surface area contributed by atoms with Crippen LogP contribution in [0.2, 0.25) is 0 Å². The first-order chi connectivity index (χ1) is 17.2. The molecule has 2 amide bonds. The van der Waals surface area contributed by atoms with E-state index in [2.05, 4.69) is 51.6 Å². The zero-order chi connectivity index (χ0) is 23.8. The summed E-state index contributed by atoms with van der Waals surface area (Å²) in [6.07, 6.45) is 4.47. The van der Waals surface area contributed by atoms with E-state index < -0.39 is 0 Å². The van der Waals surface area contributed by atoms with Gasteiger partial charge in [-0.25, -0.2) is 4.79 Å². The van der Waals surface area contributed by atoms with Gasteiger partial charge in [-0.15, -0.1) is 0 Å². The second-order valence-electron chi connectivity index (χ2n) is 9.54. The number of benzene rings is 3. The second-order valence-corrected chi connectivity index (χ2v) is 10.8. The minimum Gasteiger partial charge on any atom is -0.494 e. The number of unbranched alkanes of at least 4 members (excludes halogenated alkanes) is 2. The fourth-order valence-electron chi connectivity index (χ4n) is 5.40. The summed E-state index contributed by atoms with van der Waals surface area (Å²) in [6, 6.07) is 19.1. The van der Waals surface area contributed by atoms with E-state index >= 15 is 0 Å². The van der Waals surface area contributed by atoms with Crippen LogP contribution in [-0.2, 0) is 0 Å². The van der Waals surface area contributed by atoms with Crippen LogP contribution in [0.1, 0.15) is 37.4 Å². The molecule has 3 aliphatic heterocycles. The Morgan fingerprint density at radius 2 is 1.74 bits per heavy atom. The highest BCUT2D eigenvalue weighted by atomic mass is 32.2. The molecular weight excluding hydrogens is 458 g/mol. The molecular formula is C27H31N5O2S. The second kappa shape index (κ2) is 9.41. The van der Waals surface area contributed by atoms with Crippen molar-refractivity contribution in [3.05, 3.63) is 60.2 Å². The Hall–Kier alpha value is -3.26. The summed E-state index contributed by atoms with van der Waals surface area (Å²) in [5.41, 5.74) is 10.3. The zero-order valence-electron chi connectivity index (χ0n) is 19.6. The molecule has 6 N–H and O–H groups in total. The summed E-state index contributed by atoms with van der Waals surface area (Å²) in [7, 11) is 0. The van der Waals surface area contributed by atoms with Crippen molar-refractivity contribution < 1.29 is 9.53 Å². The van der Waals surface area contributed by atoms with Crippen LogP contribution in [0.15, 0.2) is 54.6 Å². The van der Waals surface area contributed by atoms with Crippen molar-refractivity contribution in [3.8, 4) is 5.75 Å². The maximum absolute atomic E-state index is 11.5. The number of nitrogens with two attached hydrogens (primary N) is 1. The molecule has 0 bridgehead atoms. The average molecular weight is 490 g/mol. The summed E-state index contributed by atoms with van der Waals surface area (Å²) in [4.78, 5) is 11.5. The van der Waals surface area contributed by atoms with E-state index in [1.165, 1.54) is 0 Å². The fourth-order valence-corrected chi connectivity index (χ4v) is 6.94. The molecule has 3 aromatic carbocycles. The third kappa shape index (κ3) is 4.43. The number of urea groups is 1. The first kappa shape index (κ1) is 22.2. The Bertz CT molecular complexity index is 1220. The number of anilines is 3. The highest BCUT2D eigenvalue weighted by Crippen LogP contribution is 2.40. The number of rotatable bonds is 8. The first-order valence-corrected chi connectivity index (χ1v) is 13.5. The van der Waals surface area contributed by atoms with Crippen LogP contribution in [0.5, 0.6) is 5.75 Å². The Kier molecular flexibility index (Phi) is 5.98. The molecule has 8 heteroatoms. The number of nitrogen functional groups attached to an aromatic ring is 1. The van der Waals surface area contributed by atoms with Gasteiger partial charge < -0.3 is 31.7 Å². The molecule has 7 nitrogen and oxygen atoms in total. The van der Waals surface area contributed by atoms with Crippen molar-refractivity contribution in [1.29, 1.82) is 0 Å². The van der Waals surface area contributed by atoms with E-state index in [0.717, 1.165) is 77.2 Å². The normalized spacial score (nSPS) is 24.3. The summed E-state index contributed by atoms with van der Waals surface area (Å²) < 4.78 is 5.99. The van der Waals surface area contributed by atoms with Gasteiger partial charge in [-0.2, -0.15) is 11.8 Å². The van der Waals surface area contributed by atoms with Gasteiger partial charge >= 0.3 is 6.03 Å². The lowest BCUT2D eigenvalue weighted by molar-refractivity contribution is 0.247. The lowest BCUT2D eigenvalue weighted by atomic mass is 10.0. The molecule has 3 unspecified atom stereocenters. The van der Waals surface area contributed by atoms with E-state index in [1.54, 1.807) is 0 Å². The predicted molar refractivity (Wildman–Crippen MR) is 144 cm³/mol. The summed E-state index contributed by atoms with van der Waals surface area (Å²) >= 11 is 1.98. The summed E-state index contributed by atoms with van der Waals surface area (Å²) in [6.45, 7) is 0.720. The Balaban J connectivity index is 0.970. The van der Waals surface area contributed by atoms with Crippen LogP contribution in [-0.4, -0.2) is 35.7 Å². The summed E-state index contributed by atoms with van der Waals surface area (Å²) in [5.74, 6) is 1.92. The fraction of sp³-hybridized carbons (Fsp3) is 0.370. The van der Waals surface area contributed by atoms with Crippen molar-refractivity contribution in [3.63, 3.8) is 0 Å². The lowest BCUT2D eigenvalue weighted by Gasteiger charge is -2.30. The van der Waals surface area contributed by atoms with Crippen LogP contribution in [0.3, 0.4) is 0 Å². The van der Waals surface area contributed by atoms with E-state index in [9.17, 15) is 4.79 Å². The molecule has 6 rings (SSSR count). The standard InChI is InChI=1S/C27H31N5O2S/c28-19-12-13-21-24-18(19)5-4-6-20(24)29-26(30-21)16-8-10-17(11-9-16)34-14-3-1-2-7-23-25-22(15-35-23)31-27(33)32-25/h4-6,8-13,22-23,25-26,29-30H,1-3,7,14-15,28H2,(H2,31,32,33)/t22?,23-,25?,26?/m1/s1. The predicted octanol–water partition coefficient (Wildman–Crippen LogP) is 5.06. The number of hydrogen-bond donors (Lipinski definition) is 5. The zero-order valence-corrected chi connectivity index (χ0v) is 20.4. The monoisotopic (exact) mass is 489 g/mol. The number of hydrogen-bond acceptors (Lipinski definition) is 6. The molecule has 35 heavy (non-hydrogen) atoms. The lowest BCUT2D eigenvalue weighted by Crippen LogP contribution is -2.36. The molecule has 2 fully saturated rings. The third-order valence-corrected chi connectivity index (χ3v) is 8.74. The van der Waals surface area contributed by atoms with Crippen molar-refractivity contribution in [2.24, 2.45) is 0 Å². The number of carbonyl (C=O) groups excluding carboxylic acids is 1. The van der Waals surface area contributed by atoms with Gasteiger partial charge in [0, 0.05) is 38.8 Å². The van der Waals surface area contributed by atoms with Crippen LogP contribution < -0.4 is 31.7 Å². The highest BCUT2D eigenvalue weighted by Gasteiger charge is 2.42. The van der Waals surface area contributed by atoms with Crippen molar-refractivity contribution in [2.45, 2.75) is 49.2 Å². The summed E-state index contributed by atoms with van der Waals surface area (Å²) in [5, 5.41) is 16.0. The Morgan fingerprint density at radius 1 is 0.914 bits per heavy atom. The molecule has 0 radical (unpaired) electrons. The van der Waals surface area contributed by atoms with Gasteiger partial charge in [0.15, 0.2) is 0 Å². The molecule has 0 aromatic heterocycles. The van der Waals surface area contributed by atoms with Gasteiger partial charge in [-0.05, 0) is 48.7 Å². The number of fused-ring (bicyclic) bond motifs is 1. The maximum Gasteiger partial charge on any atom is 0.315 e. The molecule has 4 atom stereocenters. The Morgan fingerprint density at radius 3 is 2.60 bits per heavy atom. The van der Waals surface area contributed by atoms with E-state index in [1.807, 2.05) is 36.0 Å². The average Bonchev–Trinajstić information content (AvgIpc) is 3.43. The van der Waals surface area contributed by atoms with E-state index in [-0.39, 0.29) is 12.2 Å². The molecule has 182 valence electrons. The van der Waals surface area contributed by atoms with Gasteiger partial charge in [0.05, 0.1) is 18.7 Å². The first-order valence-electron chi connectivity index (χ1n) is 12.4. The van der Waals surface area contributed by atoms with Gasteiger partial charge in [-0.3, -0.25) is 0 Å². The third-order valence-electron chi connectivity index (χ3n) is 7.23. The number of nitrogens with one attached hydrogen (secondary N) is 4. The van der Waals surface area contributed by atoms with Gasteiger partial charge in [0.1, 0.15) is 11.9 Å². The molecule has 0 spiro atoms. The van der Waals surface area contributed by atoms with Crippen molar-refractivity contribution in [1.82, 2.24) is 10.6 Å². The molecule has 0 saturated carbocycles. The largest absolute Gasteiger partial charge is 0.494 e. The molecule has 3 aliphatic rings. The van der Waals surface area contributed by atoms with E-state index in [4.69, 9.17) is 10.5 Å². The van der Waals surface area contributed by atoms with Crippen LogP contribution >= 0.6 is 11.8 Å². The van der Waals surface area contributed by atoms with Gasteiger partial charge in [0.2, 0.25) is 0 Å².